The van der Waals surface area contributed by atoms with E-state index >= 15 is 0 Å². The monoisotopic (exact) mass is 821 g/mol. The smallest absolute Gasteiger partial charge is 0.370 e. The van der Waals surface area contributed by atoms with Crippen LogP contribution < -0.4 is 26.6 Å². The summed E-state index contributed by atoms with van der Waals surface area (Å²) in [6.07, 6.45) is -3.72. The lowest BCUT2D eigenvalue weighted by atomic mass is 9.83. The number of nitrogens with zero attached hydrogens (tertiary/aromatic N) is 2. The third kappa shape index (κ3) is 12.6. The van der Waals surface area contributed by atoms with Crippen LogP contribution in [0.25, 0.3) is 0 Å². The molecule has 15 nitrogen and oxygen atoms in total. The molecule has 7 amide bonds. The first-order valence-electron chi connectivity index (χ1n) is 19.8. The van der Waals surface area contributed by atoms with Crippen molar-refractivity contribution in [3.8, 4) is 0 Å². The molecule has 0 radical (unpaired) electrons. The van der Waals surface area contributed by atoms with Crippen LogP contribution >= 0.6 is 0 Å². The quantitative estimate of drug-likeness (QED) is 0.177. The number of amides is 7. The SMILES string of the molecule is CN(C)C(=O)[C@@H](NC(=O)CNC(=O)C(=O)C(CCC(F)(F)F)NC(=O)[C@@H]1[C@H]2CC(C)(C)O[C@H]2CN1C(=O)[C@@H](NC(=O)NC(C)(C)C)C1CCCCC1)c1ccccc1. The fourth-order valence-corrected chi connectivity index (χ4v) is 8.02. The summed E-state index contributed by atoms with van der Waals surface area (Å²) in [6.45, 7) is 8.11. The molecule has 0 spiro atoms. The number of fused-ring (bicyclic) bond motifs is 1. The van der Waals surface area contributed by atoms with Crippen LogP contribution in [0.3, 0.4) is 0 Å². The number of urea groups is 1. The molecule has 2 saturated heterocycles. The number of rotatable bonds is 14. The minimum Gasteiger partial charge on any atom is -0.370 e. The minimum atomic E-state index is -4.76. The highest BCUT2D eigenvalue weighted by Gasteiger charge is 2.56. The van der Waals surface area contributed by atoms with Gasteiger partial charge in [-0.05, 0) is 71.8 Å². The van der Waals surface area contributed by atoms with Crippen LogP contribution in [-0.2, 0) is 33.5 Å². The summed E-state index contributed by atoms with van der Waals surface area (Å²) in [4.78, 5) is 96.9. The van der Waals surface area contributed by atoms with E-state index in [1.807, 2.05) is 13.8 Å². The Morgan fingerprint density at radius 2 is 1.57 bits per heavy atom. The predicted octanol–water partition coefficient (Wildman–Crippen LogP) is 2.89. The lowest BCUT2D eigenvalue weighted by molar-refractivity contribution is -0.147. The number of nitrogens with one attached hydrogen (secondary N) is 5. The van der Waals surface area contributed by atoms with Gasteiger partial charge in [0.1, 0.15) is 18.1 Å². The number of ether oxygens (including phenoxy) is 1. The summed E-state index contributed by atoms with van der Waals surface area (Å²) in [5.74, 6) is -6.61. The average Bonchev–Trinajstić information content (AvgIpc) is 3.63. The molecule has 1 aromatic rings. The van der Waals surface area contributed by atoms with Gasteiger partial charge in [0.2, 0.25) is 29.4 Å². The highest BCUT2D eigenvalue weighted by Crippen LogP contribution is 2.43. The summed E-state index contributed by atoms with van der Waals surface area (Å²) in [5.41, 5.74) is -0.890. The van der Waals surface area contributed by atoms with Gasteiger partial charge in [-0.25, -0.2) is 4.79 Å². The van der Waals surface area contributed by atoms with Gasteiger partial charge in [-0.3, -0.25) is 28.8 Å². The lowest BCUT2D eigenvalue weighted by Gasteiger charge is -2.36. The number of ketones is 1. The van der Waals surface area contributed by atoms with Crippen molar-refractivity contribution < 1.29 is 51.5 Å². The van der Waals surface area contributed by atoms with Crippen LogP contribution in [0, 0.1) is 11.8 Å². The van der Waals surface area contributed by atoms with Crippen molar-refractivity contribution in [3.63, 3.8) is 0 Å². The van der Waals surface area contributed by atoms with E-state index in [4.69, 9.17) is 4.74 Å². The fourth-order valence-electron chi connectivity index (χ4n) is 8.02. The Morgan fingerprint density at radius 1 is 0.931 bits per heavy atom. The number of likely N-dealkylation sites (tertiary alicyclic amines) is 1. The number of likely N-dealkylation sites (N-methyl/N-ethyl adjacent to an activating group) is 1. The predicted molar refractivity (Wildman–Crippen MR) is 206 cm³/mol. The van der Waals surface area contributed by atoms with Crippen molar-refractivity contribution in [1.82, 2.24) is 36.4 Å². The third-order valence-corrected chi connectivity index (χ3v) is 10.6. The van der Waals surface area contributed by atoms with Crippen molar-refractivity contribution in [2.75, 3.05) is 27.2 Å². The number of benzene rings is 1. The highest BCUT2D eigenvalue weighted by atomic mass is 19.4. The Labute approximate surface area is 337 Å². The van der Waals surface area contributed by atoms with Gasteiger partial charge in [0.15, 0.2) is 0 Å². The van der Waals surface area contributed by atoms with Gasteiger partial charge >= 0.3 is 12.2 Å². The van der Waals surface area contributed by atoms with Gasteiger partial charge in [-0.15, -0.1) is 0 Å². The number of carbonyl (C=O) groups excluding carboxylic acids is 7. The summed E-state index contributed by atoms with van der Waals surface area (Å²) in [5, 5.41) is 12.6. The molecule has 5 N–H and O–H groups in total. The number of alkyl halides is 3. The molecule has 1 unspecified atom stereocenters. The van der Waals surface area contributed by atoms with Crippen LogP contribution in [0.4, 0.5) is 18.0 Å². The maximum Gasteiger partial charge on any atom is 0.389 e. The van der Waals surface area contributed by atoms with Crippen molar-refractivity contribution in [2.24, 2.45) is 11.8 Å². The van der Waals surface area contributed by atoms with Crippen molar-refractivity contribution in [3.05, 3.63) is 35.9 Å². The van der Waals surface area contributed by atoms with Crippen molar-refractivity contribution >= 4 is 41.4 Å². The molecule has 1 aliphatic carbocycles. The maximum atomic E-state index is 14.5. The fraction of sp³-hybridized carbons (Fsp3) is 0.675. The standard InChI is InChI=1S/C40H58F3N7O8/c1-38(2,3)48-37(57)47-30(24-16-12-9-13-17-24)36(56)50-22-27-25(20-39(4,5)58-27)31(50)33(53)45-26(18-19-40(41,42)43)32(52)34(54)44-21-28(51)46-29(35(55)49(6)7)23-14-10-8-11-15-23/h8,10-11,14-15,24-27,29-31H,9,12-13,16-22H2,1-7H3,(H,44,54)(H,45,53)(H,46,51)(H2,47,48,57)/t25-,26?,27-,29-,30-,31-/m0/s1. The molecule has 322 valence electrons. The molecule has 4 rings (SSSR count). The molecule has 58 heavy (non-hydrogen) atoms. The van der Waals surface area contributed by atoms with Gasteiger partial charge < -0.3 is 41.1 Å². The van der Waals surface area contributed by atoms with Crippen molar-refractivity contribution in [2.45, 2.75) is 134 Å². The average molecular weight is 822 g/mol. The second-order valence-corrected chi connectivity index (χ2v) is 17.3. The topological polar surface area (TPSA) is 195 Å². The highest BCUT2D eigenvalue weighted by molar-refractivity contribution is 6.38. The summed E-state index contributed by atoms with van der Waals surface area (Å²) >= 11 is 0. The summed E-state index contributed by atoms with van der Waals surface area (Å²) in [7, 11) is 2.97. The normalized spacial score (nSPS) is 22.1. The van der Waals surface area contributed by atoms with Crippen LogP contribution in [0.2, 0.25) is 0 Å². The second-order valence-electron chi connectivity index (χ2n) is 17.3. The first-order chi connectivity index (χ1) is 27.0. The van der Waals surface area contributed by atoms with E-state index in [1.165, 1.54) is 23.9 Å². The van der Waals surface area contributed by atoms with Crippen molar-refractivity contribution in [1.29, 1.82) is 0 Å². The minimum absolute atomic E-state index is 0.0477. The lowest BCUT2D eigenvalue weighted by Crippen LogP contribution is -2.61. The zero-order valence-corrected chi connectivity index (χ0v) is 34.3. The molecule has 3 aliphatic rings. The van der Waals surface area contributed by atoms with Gasteiger partial charge in [0.25, 0.3) is 5.91 Å². The maximum absolute atomic E-state index is 14.5. The number of halogens is 3. The molecule has 18 heteroatoms. The van der Waals surface area contributed by atoms with Crippen LogP contribution in [0.5, 0.6) is 0 Å². The Hall–Kier alpha value is -4.74. The Kier molecular flexibility index (Phi) is 15.0. The first kappa shape index (κ1) is 46.0. The van der Waals surface area contributed by atoms with E-state index < -0.39 is 114 Å². The zero-order chi connectivity index (χ0) is 43.2. The van der Waals surface area contributed by atoms with Crippen LogP contribution in [0.1, 0.15) is 97.6 Å². The zero-order valence-electron chi connectivity index (χ0n) is 34.3. The van der Waals surface area contributed by atoms with E-state index in [0.717, 1.165) is 19.3 Å². The number of carbonyl (C=O) groups is 7. The molecular formula is C40H58F3N7O8. The Balaban J connectivity index is 1.55. The van der Waals surface area contributed by atoms with Crippen LogP contribution in [-0.4, -0.2) is 120 Å². The van der Waals surface area contributed by atoms with Gasteiger partial charge in [0.05, 0.1) is 24.3 Å². The molecule has 3 fully saturated rings. The van der Waals surface area contributed by atoms with E-state index in [9.17, 15) is 46.7 Å². The first-order valence-corrected chi connectivity index (χ1v) is 19.8. The number of hydrogen-bond donors (Lipinski definition) is 5. The molecule has 1 aromatic carbocycles. The Bertz CT molecular complexity index is 1680. The third-order valence-electron chi connectivity index (χ3n) is 10.6. The summed E-state index contributed by atoms with van der Waals surface area (Å²) < 4.78 is 46.8. The van der Waals surface area contributed by atoms with E-state index in [0.29, 0.717) is 24.8 Å². The van der Waals surface area contributed by atoms with Crippen LogP contribution in [0.15, 0.2) is 30.3 Å². The summed E-state index contributed by atoms with van der Waals surface area (Å²) in [6, 6.07) is 2.22. The van der Waals surface area contributed by atoms with E-state index in [1.54, 1.807) is 51.1 Å². The van der Waals surface area contributed by atoms with Gasteiger partial charge in [0, 0.05) is 38.5 Å². The molecule has 6 atom stereocenters. The van der Waals surface area contributed by atoms with E-state index in [-0.39, 0.29) is 12.5 Å². The molecule has 1 saturated carbocycles. The number of hydrogen-bond acceptors (Lipinski definition) is 8. The van der Waals surface area contributed by atoms with Gasteiger partial charge in [-0.1, -0.05) is 49.6 Å². The molecular weight excluding hydrogens is 763 g/mol. The number of Topliss-reactive ketones (excluding diaryl/α,β-unsaturated/α-hetero) is 1. The molecule has 0 bridgehead atoms. The van der Waals surface area contributed by atoms with E-state index in [2.05, 4.69) is 26.6 Å². The molecule has 2 heterocycles. The second kappa shape index (κ2) is 18.9. The largest absolute Gasteiger partial charge is 0.389 e. The Morgan fingerprint density at radius 3 is 2.16 bits per heavy atom. The van der Waals surface area contributed by atoms with Gasteiger partial charge in [-0.2, -0.15) is 13.2 Å². The molecule has 2 aliphatic heterocycles. The molecule has 0 aromatic heterocycles.